The average Bonchev–Trinajstić information content (AvgIpc) is 1.83. The van der Waals surface area contributed by atoms with Crippen molar-refractivity contribution < 1.29 is 14.0 Å². The Kier molecular flexibility index (Phi) is 3.39. The molecule has 0 unspecified atom stereocenters. The Balaban J connectivity index is 3.24. The average molecular weight is 115 g/mol. The molecule has 0 aromatic heterocycles. The molecule has 1 radical (unpaired) electrons. The molecule has 43 valence electrons. The van der Waals surface area contributed by atoms with E-state index in [1.807, 2.05) is 5.32 Å². The van der Waals surface area contributed by atoms with Crippen molar-refractivity contribution in [1.29, 1.82) is 0 Å². The fourth-order valence-electron chi connectivity index (χ4n) is 0.159. The highest BCUT2D eigenvalue weighted by atomic mass is 16.5. The van der Waals surface area contributed by atoms with Gasteiger partial charge in [-0.1, -0.05) is 0 Å². The molecule has 0 rings (SSSR count). The summed E-state index contributed by atoms with van der Waals surface area (Å²) in [5.41, 5.74) is 0. The smallest absolute Gasteiger partial charge is 0.289 e. The summed E-state index contributed by atoms with van der Waals surface area (Å²) in [6, 6.07) is 0. The summed E-state index contributed by atoms with van der Waals surface area (Å²) < 4.78 is 3.87. The normalized spacial score (nSPS) is 7.50. The minimum Gasteiger partial charge on any atom is -0.289 e. The van der Waals surface area contributed by atoms with Gasteiger partial charge in [0, 0.05) is 0 Å². The fraction of sp³-hybridized carbons (Fsp3) is 0.250. The van der Waals surface area contributed by atoms with Crippen LogP contribution in [0.3, 0.4) is 0 Å². The standard InChI is InChI=1S/C4H4NO3/c1-8-4(7)5-2-3-6/h1-2H2/p+1. The van der Waals surface area contributed by atoms with Gasteiger partial charge in [-0.05, 0) is 0 Å². The molecule has 0 aromatic carbocycles. The van der Waals surface area contributed by atoms with Gasteiger partial charge in [0.25, 0.3) is 0 Å². The Bertz CT molecular complexity index is 110. The highest BCUT2D eigenvalue weighted by Gasteiger charge is 2.06. The van der Waals surface area contributed by atoms with Crippen LogP contribution < -0.4 is 5.32 Å². The van der Waals surface area contributed by atoms with Gasteiger partial charge in [0.2, 0.25) is 6.29 Å². The van der Waals surface area contributed by atoms with Gasteiger partial charge < -0.3 is 0 Å². The molecule has 0 bridgehead atoms. The third kappa shape index (κ3) is 3.02. The molecule has 0 saturated carbocycles. The predicted octanol–water partition coefficient (Wildman–Crippen LogP) is -0.830. The molecule has 1 N–H and O–H groups in total. The Morgan fingerprint density at radius 1 is 1.88 bits per heavy atom. The fourth-order valence-corrected chi connectivity index (χ4v) is 0.159. The first-order valence-electron chi connectivity index (χ1n) is 1.86. The summed E-state index contributed by atoms with van der Waals surface area (Å²) in [4.78, 5) is 19.4. The molecule has 0 saturated heterocycles. The number of hydrogen-bond donors (Lipinski definition) is 1. The minimum absolute atomic E-state index is 0.158. The second-order valence-electron chi connectivity index (χ2n) is 0.930. The summed E-state index contributed by atoms with van der Waals surface area (Å²) in [6.45, 7) is 2.64. The third-order valence-corrected chi connectivity index (χ3v) is 0.436. The van der Waals surface area contributed by atoms with Gasteiger partial charge in [-0.25, -0.2) is 0 Å². The van der Waals surface area contributed by atoms with Crippen LogP contribution in [0.1, 0.15) is 0 Å². The molecule has 4 nitrogen and oxygen atoms in total. The van der Waals surface area contributed by atoms with Crippen LogP contribution in [0.15, 0.2) is 0 Å². The van der Waals surface area contributed by atoms with Crippen molar-refractivity contribution in [3.05, 3.63) is 0 Å². The molecular weight excluding hydrogens is 110 g/mol. The lowest BCUT2D eigenvalue weighted by Gasteiger charge is -1.77. The highest BCUT2D eigenvalue weighted by Crippen LogP contribution is 1.58. The van der Waals surface area contributed by atoms with Crippen molar-refractivity contribution in [3.8, 4) is 0 Å². The number of amides is 1. The van der Waals surface area contributed by atoms with E-state index in [0.29, 0.717) is 0 Å². The number of rotatable bonds is 2. The molecule has 0 aromatic rings. The van der Waals surface area contributed by atoms with E-state index in [9.17, 15) is 9.59 Å². The van der Waals surface area contributed by atoms with Gasteiger partial charge in [0.1, 0.15) is 0 Å². The maximum atomic E-state index is 10.00. The Hall–Kier alpha value is -1.19. The minimum atomic E-state index is -0.728. The van der Waals surface area contributed by atoms with Gasteiger partial charge in [-0.15, -0.1) is 0 Å². The maximum absolute atomic E-state index is 10.00. The lowest BCUT2D eigenvalue weighted by molar-refractivity contribution is -0.332. The maximum Gasteiger partial charge on any atom is 0.691 e. The molecule has 0 heterocycles. The molecule has 0 fully saturated rings. The monoisotopic (exact) mass is 115 g/mol. The molecule has 0 spiro atoms. The summed E-state index contributed by atoms with van der Waals surface area (Å²) in [7, 11) is 0. The van der Waals surface area contributed by atoms with Crippen LogP contribution in [0.5, 0.6) is 0 Å². The van der Waals surface area contributed by atoms with Gasteiger partial charge in [0.15, 0.2) is 6.79 Å². The lowest BCUT2D eigenvalue weighted by Crippen LogP contribution is -2.23. The van der Waals surface area contributed by atoms with Crippen molar-refractivity contribution in [2.75, 3.05) is 6.54 Å². The van der Waals surface area contributed by atoms with Crippen LogP contribution in [-0.4, -0.2) is 25.7 Å². The highest BCUT2D eigenvalue weighted by molar-refractivity contribution is 5.68. The van der Waals surface area contributed by atoms with Crippen LogP contribution in [-0.2, 0) is 9.22 Å². The second-order valence-corrected chi connectivity index (χ2v) is 0.930. The molecule has 0 atom stereocenters. The van der Waals surface area contributed by atoms with Crippen LogP contribution in [0.2, 0.25) is 0 Å². The predicted molar refractivity (Wildman–Crippen MR) is 26.2 cm³/mol. The van der Waals surface area contributed by atoms with Crippen molar-refractivity contribution in [1.82, 2.24) is 5.32 Å². The SMILES string of the molecule is C=[O+]C(=O)NC[C]=O. The first-order chi connectivity index (χ1) is 3.81. The van der Waals surface area contributed by atoms with E-state index < -0.39 is 6.09 Å². The number of carbonyl (C=O) groups is 1. The first kappa shape index (κ1) is 6.81. The van der Waals surface area contributed by atoms with Crippen molar-refractivity contribution in [2.45, 2.75) is 0 Å². The molecule has 4 heteroatoms. The van der Waals surface area contributed by atoms with E-state index in [2.05, 4.69) is 11.2 Å². The Morgan fingerprint density at radius 2 is 2.50 bits per heavy atom. The molecule has 0 aliphatic rings. The van der Waals surface area contributed by atoms with E-state index in [-0.39, 0.29) is 6.54 Å². The quantitative estimate of drug-likeness (QED) is 0.477. The van der Waals surface area contributed by atoms with E-state index in [4.69, 9.17) is 0 Å². The van der Waals surface area contributed by atoms with Crippen LogP contribution in [0.4, 0.5) is 4.79 Å². The zero-order valence-corrected chi connectivity index (χ0v) is 4.14. The van der Waals surface area contributed by atoms with Gasteiger partial charge in [0.05, 0.1) is 11.3 Å². The Morgan fingerprint density at radius 3 is 2.88 bits per heavy atom. The largest absolute Gasteiger partial charge is 0.691 e. The zero-order valence-electron chi connectivity index (χ0n) is 4.14. The number of hydrogen-bond acceptors (Lipinski definition) is 2. The van der Waals surface area contributed by atoms with Gasteiger partial charge in [-0.3, -0.25) is 14.5 Å². The zero-order chi connectivity index (χ0) is 6.41. The van der Waals surface area contributed by atoms with E-state index >= 15 is 0 Å². The van der Waals surface area contributed by atoms with Crippen LogP contribution in [0, 0.1) is 0 Å². The topological polar surface area (TPSA) is 57.5 Å². The summed E-state index contributed by atoms with van der Waals surface area (Å²) >= 11 is 0. The van der Waals surface area contributed by atoms with Gasteiger partial charge in [-0.2, -0.15) is 0 Å². The number of carbonyl (C=O) groups excluding carboxylic acids is 3. The van der Waals surface area contributed by atoms with Crippen molar-refractivity contribution in [3.63, 3.8) is 0 Å². The van der Waals surface area contributed by atoms with E-state index in [0.717, 1.165) is 0 Å². The molecule has 8 heavy (non-hydrogen) atoms. The third-order valence-electron chi connectivity index (χ3n) is 0.436. The molecule has 1 amide bonds. The van der Waals surface area contributed by atoms with Gasteiger partial charge >= 0.3 is 6.09 Å². The summed E-state index contributed by atoms with van der Waals surface area (Å²) in [5.74, 6) is 0. The Labute approximate surface area is 46.2 Å². The number of nitrogens with one attached hydrogen (secondary N) is 1. The van der Waals surface area contributed by atoms with Crippen LogP contribution >= 0.6 is 0 Å². The van der Waals surface area contributed by atoms with Crippen molar-refractivity contribution >= 4 is 19.2 Å². The van der Waals surface area contributed by atoms with Crippen molar-refractivity contribution in [2.24, 2.45) is 0 Å². The molecular formula is C4H5NO3+. The first-order valence-corrected chi connectivity index (χ1v) is 1.86. The van der Waals surface area contributed by atoms with E-state index in [1.54, 1.807) is 0 Å². The van der Waals surface area contributed by atoms with Crippen LogP contribution in [0.25, 0.3) is 0 Å². The summed E-state index contributed by atoms with van der Waals surface area (Å²) in [6.07, 6.45) is 0.715. The second kappa shape index (κ2) is 3.98. The lowest BCUT2D eigenvalue weighted by atomic mass is 10.7. The molecule has 0 aliphatic heterocycles. The summed E-state index contributed by atoms with van der Waals surface area (Å²) in [5, 5.41) is 2.03. The molecule has 0 aliphatic carbocycles. The van der Waals surface area contributed by atoms with E-state index in [1.165, 1.54) is 6.29 Å².